The van der Waals surface area contributed by atoms with E-state index < -0.39 is 5.92 Å². The van der Waals surface area contributed by atoms with Gasteiger partial charge in [-0.1, -0.05) is 18.2 Å². The fourth-order valence-electron chi connectivity index (χ4n) is 4.36. The van der Waals surface area contributed by atoms with E-state index in [1.165, 1.54) is 12.1 Å². The Hall–Kier alpha value is -3.33. The van der Waals surface area contributed by atoms with Crippen LogP contribution in [0.1, 0.15) is 18.1 Å². The Bertz CT molecular complexity index is 1190. The molecule has 34 heavy (non-hydrogen) atoms. The zero-order valence-electron chi connectivity index (χ0n) is 19.0. The molecule has 1 N–H and O–H groups in total. The summed E-state index contributed by atoms with van der Waals surface area (Å²) in [4.78, 5) is 16.7. The smallest absolute Gasteiger partial charge is 0.270 e. The number of rotatable bonds is 6. The van der Waals surface area contributed by atoms with Crippen molar-refractivity contribution < 1.29 is 18.3 Å². The average molecular weight is 468 g/mol. The number of carbonyl (C=O) groups is 1. The van der Waals surface area contributed by atoms with Crippen molar-refractivity contribution in [2.45, 2.75) is 19.4 Å². The molecule has 2 fully saturated rings. The van der Waals surface area contributed by atoms with Gasteiger partial charge >= 0.3 is 0 Å². The van der Waals surface area contributed by atoms with Crippen molar-refractivity contribution in [1.29, 1.82) is 0 Å². The second kappa shape index (κ2) is 9.13. The van der Waals surface area contributed by atoms with Gasteiger partial charge in [-0.15, -0.1) is 0 Å². The summed E-state index contributed by atoms with van der Waals surface area (Å²) < 4.78 is 32.5. The highest BCUT2D eigenvalue weighted by atomic mass is 19.3. The van der Waals surface area contributed by atoms with E-state index >= 15 is 0 Å². The van der Waals surface area contributed by atoms with Crippen molar-refractivity contribution in [2.24, 2.45) is 5.92 Å². The lowest BCUT2D eigenvalue weighted by molar-refractivity contribution is -0.150. The molecule has 2 saturated heterocycles. The van der Waals surface area contributed by atoms with Gasteiger partial charge in [0.2, 0.25) is 5.91 Å². The van der Waals surface area contributed by atoms with Gasteiger partial charge in [0.1, 0.15) is 0 Å². The second-order valence-electron chi connectivity index (χ2n) is 8.95. The first-order valence-electron chi connectivity index (χ1n) is 11.5. The van der Waals surface area contributed by atoms with Crippen LogP contribution in [0.2, 0.25) is 0 Å². The maximum Gasteiger partial charge on any atom is 0.270 e. The van der Waals surface area contributed by atoms with Crippen molar-refractivity contribution in [1.82, 2.24) is 15.1 Å². The Labute approximate surface area is 196 Å². The summed E-state index contributed by atoms with van der Waals surface area (Å²) in [5, 5.41) is 12.6. The standard InChI is InChI=1S/C25H27F2N5O2/c1-25(26,27)19-4-2-3-17(11-19)13-28-23-14-29-30-22-6-5-20(12-21(22)23)31-7-9-32(10-8-31)24(33)18-15-34-16-18/h2-6,11-12,14,18H,7-10,13,15-16H2,1H3,(H,28,30). The van der Waals surface area contributed by atoms with E-state index in [1.807, 2.05) is 23.1 Å². The molecule has 0 bridgehead atoms. The quantitative estimate of drug-likeness (QED) is 0.597. The lowest BCUT2D eigenvalue weighted by Gasteiger charge is -2.39. The topological polar surface area (TPSA) is 70.6 Å². The van der Waals surface area contributed by atoms with Crippen LogP contribution < -0.4 is 10.2 Å². The Morgan fingerprint density at radius 2 is 1.94 bits per heavy atom. The number of hydrogen-bond donors (Lipinski definition) is 1. The van der Waals surface area contributed by atoms with Crippen LogP contribution in [0.4, 0.5) is 20.2 Å². The van der Waals surface area contributed by atoms with Gasteiger partial charge in [0.25, 0.3) is 5.92 Å². The van der Waals surface area contributed by atoms with E-state index in [0.29, 0.717) is 32.8 Å². The normalized spacial score (nSPS) is 17.0. The molecular weight excluding hydrogens is 440 g/mol. The van der Waals surface area contributed by atoms with E-state index in [2.05, 4.69) is 26.5 Å². The summed E-state index contributed by atoms with van der Waals surface area (Å²) >= 11 is 0. The number of alkyl halides is 2. The highest BCUT2D eigenvalue weighted by Crippen LogP contribution is 2.29. The fourth-order valence-corrected chi connectivity index (χ4v) is 4.36. The minimum atomic E-state index is -2.88. The van der Waals surface area contributed by atoms with E-state index in [4.69, 9.17) is 4.74 Å². The largest absolute Gasteiger partial charge is 0.380 e. The molecule has 0 unspecified atom stereocenters. The molecule has 0 spiro atoms. The number of piperazine rings is 1. The van der Waals surface area contributed by atoms with Crippen molar-refractivity contribution in [3.8, 4) is 0 Å². The molecule has 178 valence electrons. The molecule has 7 nitrogen and oxygen atoms in total. The van der Waals surface area contributed by atoms with Crippen LogP contribution >= 0.6 is 0 Å². The van der Waals surface area contributed by atoms with E-state index in [0.717, 1.165) is 47.9 Å². The summed E-state index contributed by atoms with van der Waals surface area (Å²) in [6.07, 6.45) is 1.65. The number of aromatic nitrogens is 2. The van der Waals surface area contributed by atoms with E-state index in [9.17, 15) is 13.6 Å². The number of amides is 1. The predicted molar refractivity (Wildman–Crippen MR) is 126 cm³/mol. The summed E-state index contributed by atoms with van der Waals surface area (Å²) in [6, 6.07) is 12.4. The molecule has 2 aromatic carbocycles. The zero-order chi connectivity index (χ0) is 23.7. The number of nitrogens with one attached hydrogen (secondary N) is 1. The number of carbonyl (C=O) groups excluding carboxylic acids is 1. The van der Waals surface area contributed by atoms with Crippen molar-refractivity contribution >= 4 is 28.2 Å². The number of benzene rings is 2. The molecule has 2 aliphatic rings. The SMILES string of the molecule is CC(F)(F)c1cccc(CNc2cnnc3ccc(N4CCN(C(=O)C5COC5)CC4)cc23)c1. The number of fused-ring (bicyclic) bond motifs is 1. The van der Waals surface area contributed by atoms with Gasteiger partial charge in [-0.2, -0.15) is 10.2 Å². The Balaban J connectivity index is 1.29. The molecule has 0 aliphatic carbocycles. The molecule has 1 aromatic heterocycles. The van der Waals surface area contributed by atoms with Crippen LogP contribution in [0, 0.1) is 5.92 Å². The highest BCUT2D eigenvalue weighted by Gasteiger charge is 2.32. The monoisotopic (exact) mass is 467 g/mol. The summed E-state index contributed by atoms with van der Waals surface area (Å²) in [5.74, 6) is -2.67. The lowest BCUT2D eigenvalue weighted by Crippen LogP contribution is -2.53. The van der Waals surface area contributed by atoms with Crippen LogP contribution in [0.5, 0.6) is 0 Å². The number of nitrogens with zero attached hydrogens (tertiary/aromatic N) is 4. The number of ether oxygens (including phenoxy) is 1. The van der Waals surface area contributed by atoms with Crippen molar-refractivity contribution in [3.05, 3.63) is 59.8 Å². The van der Waals surface area contributed by atoms with Gasteiger partial charge in [-0.3, -0.25) is 4.79 Å². The Morgan fingerprint density at radius 3 is 2.65 bits per heavy atom. The molecule has 3 aromatic rings. The molecule has 0 radical (unpaired) electrons. The Kier molecular flexibility index (Phi) is 6.03. The van der Waals surface area contributed by atoms with Gasteiger partial charge in [0, 0.05) is 56.3 Å². The van der Waals surface area contributed by atoms with Crippen LogP contribution in [-0.4, -0.2) is 60.4 Å². The minimum Gasteiger partial charge on any atom is -0.380 e. The van der Waals surface area contributed by atoms with Gasteiger partial charge in [-0.25, -0.2) is 8.78 Å². The van der Waals surface area contributed by atoms with Gasteiger partial charge in [-0.05, 0) is 29.8 Å². The number of hydrogen-bond acceptors (Lipinski definition) is 6. The summed E-state index contributed by atoms with van der Waals surface area (Å²) in [5.41, 5.74) is 3.35. The Morgan fingerprint density at radius 1 is 1.15 bits per heavy atom. The first kappa shape index (κ1) is 22.5. The predicted octanol–water partition coefficient (Wildman–Crippen LogP) is 3.65. The first-order chi connectivity index (χ1) is 16.4. The van der Waals surface area contributed by atoms with E-state index in [1.54, 1.807) is 12.3 Å². The summed E-state index contributed by atoms with van der Waals surface area (Å²) in [7, 11) is 0. The third-order valence-electron chi connectivity index (χ3n) is 6.48. The van der Waals surface area contributed by atoms with Crippen LogP contribution in [0.3, 0.4) is 0 Å². The van der Waals surface area contributed by atoms with Gasteiger partial charge in [0.05, 0.1) is 36.5 Å². The van der Waals surface area contributed by atoms with Crippen molar-refractivity contribution in [3.63, 3.8) is 0 Å². The minimum absolute atomic E-state index is 0.00532. The molecule has 0 atom stereocenters. The average Bonchev–Trinajstić information content (AvgIpc) is 2.81. The maximum atomic E-state index is 13.7. The number of anilines is 2. The third kappa shape index (κ3) is 4.65. The third-order valence-corrected chi connectivity index (χ3v) is 6.48. The van der Waals surface area contributed by atoms with Crippen LogP contribution in [0.25, 0.3) is 10.9 Å². The van der Waals surface area contributed by atoms with Gasteiger partial charge in [0.15, 0.2) is 0 Å². The van der Waals surface area contributed by atoms with Crippen LogP contribution in [-0.2, 0) is 22.0 Å². The first-order valence-corrected chi connectivity index (χ1v) is 11.5. The lowest BCUT2D eigenvalue weighted by atomic mass is 10.1. The maximum absolute atomic E-state index is 13.7. The molecule has 5 rings (SSSR count). The van der Waals surface area contributed by atoms with E-state index in [-0.39, 0.29) is 17.4 Å². The molecular formula is C25H27F2N5O2. The van der Waals surface area contributed by atoms with Crippen LogP contribution in [0.15, 0.2) is 48.7 Å². The fraction of sp³-hybridized carbons (Fsp3) is 0.400. The molecule has 0 saturated carbocycles. The highest BCUT2D eigenvalue weighted by molar-refractivity contribution is 5.93. The molecule has 3 heterocycles. The zero-order valence-corrected chi connectivity index (χ0v) is 19.0. The second-order valence-corrected chi connectivity index (χ2v) is 8.95. The molecule has 9 heteroatoms. The molecule has 2 aliphatic heterocycles. The van der Waals surface area contributed by atoms with Crippen molar-refractivity contribution in [2.75, 3.05) is 49.6 Å². The van der Waals surface area contributed by atoms with Gasteiger partial charge < -0.3 is 19.9 Å². The summed E-state index contributed by atoms with van der Waals surface area (Å²) in [6.45, 7) is 5.24. The number of halogens is 2. The molecule has 1 amide bonds.